The molecular formula is C124H72N16. The van der Waals surface area contributed by atoms with Crippen molar-refractivity contribution in [3.05, 3.63) is 431 Å². The van der Waals surface area contributed by atoms with Gasteiger partial charge in [-0.05, 0) is 386 Å². The normalized spacial score (nSPS) is 13.5. The van der Waals surface area contributed by atoms with Crippen LogP contribution in [0, 0.1) is 0 Å². The Labute approximate surface area is 796 Å². The smallest absolute Gasteiger partial charge is 0.165 e. The van der Waals surface area contributed by atoms with Crippen molar-refractivity contribution in [2.24, 2.45) is 0 Å². The summed E-state index contributed by atoms with van der Waals surface area (Å²) in [6.07, 6.45) is 34.3. The number of rotatable bonds is 0. The van der Waals surface area contributed by atoms with Crippen molar-refractivity contribution in [2.75, 3.05) is 0 Å². The lowest BCUT2D eigenvalue weighted by molar-refractivity contribution is 1.24. The molecule has 0 radical (unpaired) electrons. The highest BCUT2D eigenvalue weighted by atomic mass is 15.1. The number of aromatic nitrogens is 16. The van der Waals surface area contributed by atoms with Gasteiger partial charge in [0.25, 0.3) is 0 Å². The Morgan fingerprint density at radius 1 is 0.157 bits per heavy atom. The average molecular weight is 1790 g/mol. The second-order valence-electron chi connectivity index (χ2n) is 39.0. The van der Waals surface area contributed by atoms with Crippen molar-refractivity contribution in [3.63, 3.8) is 0 Å². The van der Waals surface area contributed by atoms with Gasteiger partial charge in [-0.15, -0.1) is 0 Å². The first kappa shape index (κ1) is 75.1. The Bertz CT molecular complexity index is 9460. The summed E-state index contributed by atoms with van der Waals surface area (Å²) in [4.78, 5) is 56.5. The zero-order valence-electron chi connectivity index (χ0n) is 75.1. The van der Waals surface area contributed by atoms with Gasteiger partial charge in [-0.1, -0.05) is 103 Å². The van der Waals surface area contributed by atoms with Gasteiger partial charge in [0.2, 0.25) is 0 Å². The van der Waals surface area contributed by atoms with Crippen LogP contribution in [0.4, 0.5) is 0 Å². The molecule has 648 valence electrons. The third kappa shape index (κ3) is 10.5. The van der Waals surface area contributed by atoms with Gasteiger partial charge >= 0.3 is 0 Å². The van der Waals surface area contributed by atoms with Crippen molar-refractivity contribution >= 4 is 154 Å². The molecule has 0 saturated carbocycles. The molecule has 36 rings (SSSR count). The maximum Gasteiger partial charge on any atom is 0.165 e. The van der Waals surface area contributed by atoms with Crippen LogP contribution in [0.15, 0.2) is 342 Å². The van der Waals surface area contributed by atoms with Crippen LogP contribution in [-0.2, 0) is 51.4 Å². The maximum absolute atomic E-state index is 5.13. The van der Waals surface area contributed by atoms with E-state index >= 15 is 0 Å². The van der Waals surface area contributed by atoms with Crippen LogP contribution in [-0.4, -0.2) is 77.4 Å². The van der Waals surface area contributed by atoms with Gasteiger partial charge in [-0.25, -0.2) is 19.9 Å². The van der Waals surface area contributed by atoms with Crippen LogP contribution in [0.2, 0.25) is 0 Å². The number of hydrogen-bond donors (Lipinski definition) is 0. The van der Waals surface area contributed by atoms with E-state index in [-0.39, 0.29) is 0 Å². The lowest BCUT2D eigenvalue weighted by atomic mass is 9.98. The number of nitrogens with zero attached hydrogens (tertiary/aromatic N) is 16. The fourth-order valence-corrected chi connectivity index (χ4v) is 25.6. The Morgan fingerprint density at radius 2 is 0.421 bits per heavy atom. The Morgan fingerprint density at radius 3 is 0.821 bits per heavy atom. The summed E-state index contributed by atoms with van der Waals surface area (Å²) in [5.74, 6) is 0. The first-order chi connectivity index (χ1) is 69.3. The monoisotopic (exact) mass is 1780 g/mol. The molecule has 8 aliphatic rings. The molecule has 16 heteroatoms. The highest BCUT2D eigenvalue weighted by molar-refractivity contribution is 6.18. The molecule has 16 nitrogen and oxygen atoms in total. The molecule has 0 spiro atoms. The van der Waals surface area contributed by atoms with Crippen molar-refractivity contribution in [3.8, 4) is 89.0 Å². The van der Waals surface area contributed by atoms with Gasteiger partial charge in [0, 0.05) is 110 Å². The fourth-order valence-electron chi connectivity index (χ4n) is 25.6. The minimum absolute atomic E-state index is 0.893. The van der Waals surface area contributed by atoms with Crippen LogP contribution in [0.5, 0.6) is 0 Å². The second-order valence-corrected chi connectivity index (χ2v) is 39.0. The molecule has 0 fully saturated rings. The second kappa shape index (κ2) is 27.7. The van der Waals surface area contributed by atoms with E-state index in [2.05, 4.69) is 290 Å². The minimum Gasteiger partial charge on any atom is -0.290 e. The standard InChI is InChI=1S/4C31H18N4/c1-2-5-21-17(4-1)10-18-13-25-19(12-24(18)21)11-20-14-27-28(15-26(20)25)35-29-16-32-9-7-22(29)30-23(31(35)34-27)6-3-8-33-30;1-2-5-21-17(4-1)10-18-13-25-19(12-24(18)21)11-20-14-27-28(15-26(20)25)35-29-16-32-9-7-22(29)23-6-3-8-33-30(23)31(35)34-27;1-2-4-21-17(3-1)9-18-12-25-19(11-24(18)21)10-20-13-28-29(14-26(20)25)35-30-16-33-7-5-22(30)27-15-32-8-6-23(27)31(35)34-28;1-2-4-21-17(3-1)9-18-12-25-19(11-24(18)21)10-20-13-28-29(14-26(20)25)35-30-16-33-8-6-23(30)22-5-7-32-15-27(22)31(35)34-28/h2*1-9,12-16H,10-11H2;2*1-8,11-16H,9-10H2. The zero-order chi connectivity index (χ0) is 90.7. The molecule has 8 aliphatic carbocycles. The van der Waals surface area contributed by atoms with Crippen LogP contribution in [0.3, 0.4) is 0 Å². The molecule has 0 N–H and O–H groups in total. The Hall–Kier alpha value is -18.3. The number of pyridine rings is 12. The van der Waals surface area contributed by atoms with Gasteiger partial charge in [-0.2, -0.15) is 0 Å². The van der Waals surface area contributed by atoms with Crippen LogP contribution in [0.1, 0.15) is 89.0 Å². The topological polar surface area (TPSA) is 172 Å². The highest BCUT2D eigenvalue weighted by Gasteiger charge is 2.34. The summed E-state index contributed by atoms with van der Waals surface area (Å²) in [6.45, 7) is 0. The van der Waals surface area contributed by atoms with Crippen molar-refractivity contribution in [2.45, 2.75) is 51.4 Å². The largest absolute Gasteiger partial charge is 0.290 e. The van der Waals surface area contributed by atoms with E-state index in [0.29, 0.717) is 0 Å². The lowest BCUT2D eigenvalue weighted by Gasteiger charge is -2.09. The van der Waals surface area contributed by atoms with Crippen molar-refractivity contribution < 1.29 is 0 Å². The first-order valence-corrected chi connectivity index (χ1v) is 48.1. The predicted molar refractivity (Wildman–Crippen MR) is 559 cm³/mol. The third-order valence-corrected chi connectivity index (χ3v) is 31.8. The molecule has 0 unspecified atom stereocenters. The van der Waals surface area contributed by atoms with Gasteiger partial charge < -0.3 is 0 Å². The molecular weight excluding hydrogens is 1710 g/mol. The summed E-state index contributed by atoms with van der Waals surface area (Å²) in [5, 5.41) is 11.2. The molecule has 0 saturated heterocycles. The average Bonchev–Trinajstić information content (AvgIpc) is 1.56. The van der Waals surface area contributed by atoms with E-state index < -0.39 is 0 Å². The number of imidazole rings is 4. The third-order valence-electron chi connectivity index (χ3n) is 31.8. The molecule has 12 aromatic carbocycles. The SMILES string of the molecule is c1ccc2c(c1)Cc1cc3c(cc1-2)Cc1cc2nc4c5cccnc5c5ccncc5n4c2cc1-3.c1ccc2c(c1)Cc1cc3c(cc1-2)Cc1cc2nc4c5ccncc5c5ccncc5n4c2cc1-3.c1ccc2c(c1)Cc1cc3c(cc1-2)Cc1cc2nc4c5cnccc5c5ccncc5n4c2cc1-3.c1ccc2c(c1)Cc1cc3c(cc1-2)Cc1cc2nc4c5ncccc5c5ccncc5n4c2cc1-3. The number of hydrogen-bond acceptors (Lipinski definition) is 12. The quantitative estimate of drug-likeness (QED) is 0.132. The molecule has 16 aromatic heterocycles. The summed E-state index contributed by atoms with van der Waals surface area (Å²) < 4.78 is 9.06. The Balaban J connectivity index is 0.0000000829. The Kier molecular flexibility index (Phi) is 14.9. The van der Waals surface area contributed by atoms with Gasteiger partial charge in [0.15, 0.2) is 5.65 Å². The van der Waals surface area contributed by atoms with E-state index in [9.17, 15) is 0 Å². The van der Waals surface area contributed by atoms with Crippen molar-refractivity contribution in [1.29, 1.82) is 0 Å². The van der Waals surface area contributed by atoms with Gasteiger partial charge in [0.05, 0.1) is 96.5 Å². The predicted octanol–water partition coefficient (Wildman–Crippen LogP) is 26.9. The fraction of sp³-hybridized carbons (Fsp3) is 0.0645. The molecule has 28 aromatic rings. The molecule has 0 aliphatic heterocycles. The van der Waals surface area contributed by atoms with Crippen LogP contribution < -0.4 is 0 Å². The van der Waals surface area contributed by atoms with Crippen LogP contribution >= 0.6 is 0 Å². The van der Waals surface area contributed by atoms with Gasteiger partial charge in [0.1, 0.15) is 22.5 Å². The summed E-state index contributed by atoms with van der Waals surface area (Å²) >= 11 is 0. The van der Waals surface area contributed by atoms with Gasteiger partial charge in [-0.3, -0.25) is 57.5 Å². The van der Waals surface area contributed by atoms with Crippen LogP contribution in [0.25, 0.3) is 243 Å². The zero-order valence-corrected chi connectivity index (χ0v) is 75.1. The summed E-state index contributed by atoms with van der Waals surface area (Å²) in [6, 6.07) is 93.9. The number of fused-ring (bicyclic) bond motifs is 56. The minimum atomic E-state index is 0.893. The van der Waals surface area contributed by atoms with E-state index in [1.54, 1.807) is 0 Å². The molecule has 0 amide bonds. The maximum atomic E-state index is 5.13. The molecule has 140 heavy (non-hydrogen) atoms. The van der Waals surface area contributed by atoms with Crippen molar-refractivity contribution in [1.82, 2.24) is 77.4 Å². The highest BCUT2D eigenvalue weighted by Crippen LogP contribution is 2.53. The van der Waals surface area contributed by atoms with E-state index in [1.807, 2.05) is 98.9 Å². The molecule has 0 atom stereocenters. The number of benzene rings is 12. The van der Waals surface area contributed by atoms with E-state index in [4.69, 9.17) is 29.9 Å². The lowest BCUT2D eigenvalue weighted by Crippen LogP contribution is -1.93. The molecule has 0 bridgehead atoms. The summed E-state index contributed by atoms with van der Waals surface area (Å²) in [5.41, 5.74) is 63.0. The molecule has 16 heterocycles. The van der Waals surface area contributed by atoms with E-state index in [0.717, 1.165) is 200 Å². The summed E-state index contributed by atoms with van der Waals surface area (Å²) in [7, 11) is 0. The van der Waals surface area contributed by atoms with E-state index in [1.165, 1.54) is 183 Å². The first-order valence-electron chi connectivity index (χ1n) is 48.1.